The minimum absolute atomic E-state index is 0.0435. The van der Waals surface area contributed by atoms with Crippen LogP contribution in [0.2, 0.25) is 0 Å². The summed E-state index contributed by atoms with van der Waals surface area (Å²) >= 11 is 1.48. The normalized spacial score (nSPS) is 18.4. The van der Waals surface area contributed by atoms with Crippen molar-refractivity contribution in [2.24, 2.45) is 0 Å². The Kier molecular flexibility index (Phi) is 4.72. The van der Waals surface area contributed by atoms with E-state index in [0.29, 0.717) is 16.8 Å². The van der Waals surface area contributed by atoms with Crippen LogP contribution in [0.3, 0.4) is 0 Å². The number of benzene rings is 1. The standard InChI is InChI=1S/C19H22N4OS/c1-25-19-20-12-16(13-21-19)18(24)23-8-6-22(7-9-23)17-10-14-4-2-3-5-15(14)11-17/h2-5,12-13,17H,6-11H2,1H3. The number of amides is 1. The first-order chi connectivity index (χ1) is 12.2. The van der Waals surface area contributed by atoms with Gasteiger partial charge in [-0.05, 0) is 30.2 Å². The van der Waals surface area contributed by atoms with E-state index >= 15 is 0 Å². The molecule has 5 nitrogen and oxygen atoms in total. The number of rotatable bonds is 3. The van der Waals surface area contributed by atoms with E-state index in [1.807, 2.05) is 11.2 Å². The predicted octanol–water partition coefficient (Wildman–Crippen LogP) is 2.12. The van der Waals surface area contributed by atoms with Crippen LogP contribution >= 0.6 is 11.8 Å². The number of aromatic nitrogens is 2. The topological polar surface area (TPSA) is 49.3 Å². The molecule has 4 rings (SSSR count). The van der Waals surface area contributed by atoms with Crippen molar-refractivity contribution in [3.05, 3.63) is 53.3 Å². The van der Waals surface area contributed by atoms with Gasteiger partial charge in [0.15, 0.2) is 5.16 Å². The highest BCUT2D eigenvalue weighted by Crippen LogP contribution is 2.26. The van der Waals surface area contributed by atoms with Crippen molar-refractivity contribution in [1.29, 1.82) is 0 Å². The van der Waals surface area contributed by atoms with E-state index in [0.717, 1.165) is 39.0 Å². The van der Waals surface area contributed by atoms with Crippen molar-refractivity contribution >= 4 is 17.7 Å². The van der Waals surface area contributed by atoms with Crippen LogP contribution < -0.4 is 0 Å². The lowest BCUT2D eigenvalue weighted by Crippen LogP contribution is -2.52. The highest BCUT2D eigenvalue weighted by Gasteiger charge is 2.30. The lowest BCUT2D eigenvalue weighted by Gasteiger charge is -2.38. The molecule has 0 unspecified atom stereocenters. The molecular formula is C19H22N4OS. The van der Waals surface area contributed by atoms with Gasteiger partial charge >= 0.3 is 0 Å². The van der Waals surface area contributed by atoms with E-state index in [-0.39, 0.29) is 5.91 Å². The predicted molar refractivity (Wildman–Crippen MR) is 98.9 cm³/mol. The van der Waals surface area contributed by atoms with E-state index in [2.05, 4.69) is 39.1 Å². The summed E-state index contributed by atoms with van der Waals surface area (Å²) in [4.78, 5) is 25.5. The first kappa shape index (κ1) is 16.5. The van der Waals surface area contributed by atoms with E-state index in [1.54, 1.807) is 12.4 Å². The molecule has 25 heavy (non-hydrogen) atoms. The molecule has 1 fully saturated rings. The molecule has 0 spiro atoms. The van der Waals surface area contributed by atoms with Gasteiger partial charge in [0.1, 0.15) is 0 Å². The molecule has 2 aliphatic rings. The number of hydrogen-bond donors (Lipinski definition) is 0. The summed E-state index contributed by atoms with van der Waals surface area (Å²) in [6.45, 7) is 3.42. The van der Waals surface area contributed by atoms with Crippen LogP contribution in [0.25, 0.3) is 0 Å². The van der Waals surface area contributed by atoms with E-state index in [4.69, 9.17) is 0 Å². The molecule has 2 aromatic rings. The van der Waals surface area contributed by atoms with E-state index in [1.165, 1.54) is 22.9 Å². The molecule has 6 heteroatoms. The van der Waals surface area contributed by atoms with Crippen molar-refractivity contribution in [2.75, 3.05) is 32.4 Å². The maximum Gasteiger partial charge on any atom is 0.257 e. The average molecular weight is 354 g/mol. The second kappa shape index (κ2) is 7.14. The van der Waals surface area contributed by atoms with Crippen molar-refractivity contribution < 1.29 is 4.79 Å². The number of carbonyl (C=O) groups is 1. The Morgan fingerprint density at radius 2 is 1.64 bits per heavy atom. The number of thioether (sulfide) groups is 1. The van der Waals surface area contributed by atoms with Crippen molar-refractivity contribution in [3.8, 4) is 0 Å². The number of hydrogen-bond acceptors (Lipinski definition) is 5. The van der Waals surface area contributed by atoms with Gasteiger partial charge in [0.2, 0.25) is 0 Å². The smallest absolute Gasteiger partial charge is 0.257 e. The van der Waals surface area contributed by atoms with Crippen LogP contribution in [0, 0.1) is 0 Å². The molecule has 0 N–H and O–H groups in total. The number of carbonyl (C=O) groups excluding carboxylic acids is 1. The Morgan fingerprint density at radius 1 is 1.04 bits per heavy atom. The molecule has 0 bridgehead atoms. The fourth-order valence-corrected chi connectivity index (χ4v) is 4.11. The van der Waals surface area contributed by atoms with Crippen LogP contribution in [0.15, 0.2) is 41.8 Å². The van der Waals surface area contributed by atoms with Gasteiger partial charge < -0.3 is 4.90 Å². The van der Waals surface area contributed by atoms with Gasteiger partial charge in [-0.2, -0.15) is 0 Å². The van der Waals surface area contributed by atoms with Crippen molar-refractivity contribution in [1.82, 2.24) is 19.8 Å². The molecule has 1 amide bonds. The van der Waals surface area contributed by atoms with E-state index in [9.17, 15) is 4.79 Å². The highest BCUT2D eigenvalue weighted by atomic mass is 32.2. The summed E-state index contributed by atoms with van der Waals surface area (Å²) in [5.74, 6) is 0.0435. The Hall–Kier alpha value is -1.92. The zero-order chi connectivity index (χ0) is 17.2. The number of nitrogens with zero attached hydrogens (tertiary/aromatic N) is 4. The minimum atomic E-state index is 0.0435. The third-order valence-corrected chi connectivity index (χ3v) is 5.78. The zero-order valence-electron chi connectivity index (χ0n) is 14.4. The Labute approximate surface area is 152 Å². The third-order valence-electron chi connectivity index (χ3n) is 5.21. The summed E-state index contributed by atoms with van der Waals surface area (Å²) in [6, 6.07) is 9.32. The van der Waals surface area contributed by atoms with Crippen LogP contribution in [0.1, 0.15) is 21.5 Å². The fraction of sp³-hybridized carbons (Fsp3) is 0.421. The van der Waals surface area contributed by atoms with Crippen LogP contribution in [0.4, 0.5) is 0 Å². The maximum atomic E-state index is 12.6. The second-order valence-corrected chi connectivity index (χ2v) is 7.39. The minimum Gasteiger partial charge on any atom is -0.336 e. The van der Waals surface area contributed by atoms with Gasteiger partial charge in [-0.1, -0.05) is 36.0 Å². The number of fused-ring (bicyclic) bond motifs is 1. The number of piperazine rings is 1. The molecule has 0 radical (unpaired) electrons. The van der Waals surface area contributed by atoms with Gasteiger partial charge in [-0.25, -0.2) is 9.97 Å². The van der Waals surface area contributed by atoms with E-state index < -0.39 is 0 Å². The Balaban J connectivity index is 1.34. The Morgan fingerprint density at radius 3 is 2.20 bits per heavy atom. The fourth-order valence-electron chi connectivity index (χ4n) is 3.80. The third kappa shape index (κ3) is 3.41. The van der Waals surface area contributed by atoms with Gasteiger partial charge in [0.25, 0.3) is 5.91 Å². The molecule has 0 atom stereocenters. The van der Waals surface area contributed by atoms with Gasteiger partial charge in [0.05, 0.1) is 5.56 Å². The lowest BCUT2D eigenvalue weighted by molar-refractivity contribution is 0.0575. The summed E-state index contributed by atoms with van der Waals surface area (Å²) < 4.78 is 0. The molecule has 130 valence electrons. The maximum absolute atomic E-state index is 12.6. The first-order valence-corrected chi connectivity index (χ1v) is 9.93. The van der Waals surface area contributed by atoms with Crippen LogP contribution in [0.5, 0.6) is 0 Å². The van der Waals surface area contributed by atoms with Gasteiger partial charge in [-0.3, -0.25) is 9.69 Å². The highest BCUT2D eigenvalue weighted by molar-refractivity contribution is 7.98. The molecule has 1 saturated heterocycles. The van der Waals surface area contributed by atoms with Gasteiger partial charge in [-0.15, -0.1) is 0 Å². The Bertz CT molecular complexity index is 731. The molecule has 1 aliphatic carbocycles. The second-order valence-electron chi connectivity index (χ2n) is 6.62. The lowest BCUT2D eigenvalue weighted by atomic mass is 10.1. The monoisotopic (exact) mass is 354 g/mol. The van der Waals surface area contributed by atoms with Gasteiger partial charge in [0, 0.05) is 44.6 Å². The average Bonchev–Trinajstić information content (AvgIpc) is 3.12. The molecule has 1 aromatic heterocycles. The first-order valence-electron chi connectivity index (χ1n) is 8.71. The summed E-state index contributed by atoms with van der Waals surface area (Å²) in [5.41, 5.74) is 3.55. The quantitative estimate of drug-likeness (QED) is 0.624. The van der Waals surface area contributed by atoms with Crippen molar-refractivity contribution in [2.45, 2.75) is 24.0 Å². The molecular weight excluding hydrogens is 332 g/mol. The molecule has 1 aromatic carbocycles. The summed E-state index contributed by atoms with van der Waals surface area (Å²) in [7, 11) is 0. The molecule has 0 saturated carbocycles. The largest absolute Gasteiger partial charge is 0.336 e. The summed E-state index contributed by atoms with van der Waals surface area (Å²) in [5, 5.41) is 0.696. The van der Waals surface area contributed by atoms with Crippen LogP contribution in [-0.2, 0) is 12.8 Å². The van der Waals surface area contributed by atoms with Crippen molar-refractivity contribution in [3.63, 3.8) is 0 Å². The SMILES string of the molecule is CSc1ncc(C(=O)N2CCN(C3Cc4ccccc4C3)CC2)cn1. The molecule has 2 heterocycles. The van der Waals surface area contributed by atoms with Crippen LogP contribution in [-0.4, -0.2) is 64.2 Å². The zero-order valence-corrected chi connectivity index (χ0v) is 15.2. The summed E-state index contributed by atoms with van der Waals surface area (Å²) in [6.07, 6.45) is 7.47. The molecule has 1 aliphatic heterocycles.